The largest absolute Gasteiger partial charge is 0.481 e. The second-order valence-electron chi connectivity index (χ2n) is 3.94. The van der Waals surface area contributed by atoms with Crippen molar-refractivity contribution < 1.29 is 9.90 Å². The van der Waals surface area contributed by atoms with Gasteiger partial charge in [0.15, 0.2) is 0 Å². The molecule has 0 fully saturated rings. The third-order valence-electron chi connectivity index (χ3n) is 2.72. The van der Waals surface area contributed by atoms with Crippen LogP contribution in [-0.2, 0) is 11.2 Å². The van der Waals surface area contributed by atoms with Gasteiger partial charge in [-0.25, -0.2) is 0 Å². The number of hydrogen-bond donors (Lipinski definition) is 1. The lowest BCUT2D eigenvalue weighted by atomic mass is 10.0. The van der Waals surface area contributed by atoms with E-state index in [-0.39, 0.29) is 6.42 Å². The van der Waals surface area contributed by atoms with E-state index in [0.29, 0.717) is 0 Å². The van der Waals surface area contributed by atoms with Gasteiger partial charge in [-0.15, -0.1) is 0 Å². The van der Waals surface area contributed by atoms with Crippen LogP contribution in [0.1, 0.15) is 5.56 Å². The first-order valence-corrected chi connectivity index (χ1v) is 5.45. The molecule has 2 aromatic rings. The van der Waals surface area contributed by atoms with Crippen LogP contribution in [0.4, 0.5) is 0 Å². The van der Waals surface area contributed by atoms with Crippen LogP contribution in [0.2, 0.25) is 0 Å². The van der Waals surface area contributed by atoms with Gasteiger partial charge >= 0.3 is 5.97 Å². The predicted molar refractivity (Wildman–Crippen MR) is 68.2 cm³/mol. The van der Waals surface area contributed by atoms with E-state index in [1.165, 1.54) is 0 Å². The van der Waals surface area contributed by atoms with Gasteiger partial charge in [-0.3, -0.25) is 4.79 Å². The Hall–Kier alpha value is -2.52. The number of aliphatic carboxylic acids is 1. The Morgan fingerprint density at radius 2 is 2.00 bits per heavy atom. The van der Waals surface area contributed by atoms with E-state index in [1.807, 2.05) is 42.5 Å². The van der Waals surface area contributed by atoms with Gasteiger partial charge in [-0.05, 0) is 28.3 Å². The summed E-state index contributed by atoms with van der Waals surface area (Å²) >= 11 is 0. The zero-order valence-corrected chi connectivity index (χ0v) is 9.52. The van der Waals surface area contributed by atoms with E-state index in [4.69, 9.17) is 10.6 Å². The summed E-state index contributed by atoms with van der Waals surface area (Å²) in [5.41, 5.74) is 9.17. The van der Waals surface area contributed by atoms with Gasteiger partial charge in [-0.1, -0.05) is 47.6 Å². The van der Waals surface area contributed by atoms with E-state index >= 15 is 0 Å². The van der Waals surface area contributed by atoms with Gasteiger partial charge in [0.2, 0.25) is 0 Å². The zero-order chi connectivity index (χ0) is 13.0. The van der Waals surface area contributed by atoms with Crippen LogP contribution in [0.5, 0.6) is 0 Å². The number of benzene rings is 2. The van der Waals surface area contributed by atoms with Crippen molar-refractivity contribution in [3.63, 3.8) is 0 Å². The predicted octanol–water partition coefficient (Wildman–Crippen LogP) is 3.15. The Kier molecular flexibility index (Phi) is 3.46. The molecular formula is C13H11N3O2. The highest BCUT2D eigenvalue weighted by molar-refractivity contribution is 5.83. The molecule has 0 saturated heterocycles. The standard InChI is InChI=1S/C13H11N3O2/c14-16-15-12(13(17)18)8-9-5-6-10-3-1-2-4-11(10)7-9/h1-7,12H,8H2,(H,17,18)/t12-/m1/s1. The smallest absolute Gasteiger partial charge is 0.312 e. The van der Waals surface area contributed by atoms with Crippen molar-refractivity contribution in [2.24, 2.45) is 5.11 Å². The van der Waals surface area contributed by atoms with Crippen LogP contribution < -0.4 is 0 Å². The first-order chi connectivity index (χ1) is 8.70. The van der Waals surface area contributed by atoms with Gasteiger partial charge in [0.05, 0.1) is 0 Å². The zero-order valence-electron chi connectivity index (χ0n) is 9.52. The molecule has 0 aliphatic rings. The highest BCUT2D eigenvalue weighted by Crippen LogP contribution is 2.17. The van der Waals surface area contributed by atoms with E-state index < -0.39 is 12.0 Å². The van der Waals surface area contributed by atoms with Crippen molar-refractivity contribution in [2.75, 3.05) is 0 Å². The number of carboxylic acid groups (broad SMARTS) is 1. The van der Waals surface area contributed by atoms with E-state index in [1.54, 1.807) is 0 Å². The number of azide groups is 1. The highest BCUT2D eigenvalue weighted by Gasteiger charge is 2.15. The van der Waals surface area contributed by atoms with E-state index in [9.17, 15) is 4.79 Å². The van der Waals surface area contributed by atoms with Gasteiger partial charge < -0.3 is 5.11 Å². The molecule has 90 valence electrons. The molecule has 0 heterocycles. The van der Waals surface area contributed by atoms with Crippen LogP contribution in [-0.4, -0.2) is 17.1 Å². The fourth-order valence-corrected chi connectivity index (χ4v) is 1.83. The van der Waals surface area contributed by atoms with E-state index in [0.717, 1.165) is 16.3 Å². The Morgan fingerprint density at radius 3 is 2.67 bits per heavy atom. The SMILES string of the molecule is [N-]=[N+]=N[C@H](Cc1ccc2ccccc2c1)C(=O)O. The summed E-state index contributed by atoms with van der Waals surface area (Å²) in [5, 5.41) is 14.3. The first-order valence-electron chi connectivity index (χ1n) is 5.45. The normalized spacial score (nSPS) is 11.8. The number of nitrogens with zero attached hydrogens (tertiary/aromatic N) is 3. The van der Waals surface area contributed by atoms with Crippen LogP contribution in [0.15, 0.2) is 47.6 Å². The second kappa shape index (κ2) is 5.21. The van der Waals surface area contributed by atoms with Crippen molar-refractivity contribution in [1.82, 2.24) is 0 Å². The Morgan fingerprint density at radius 1 is 1.28 bits per heavy atom. The minimum Gasteiger partial charge on any atom is -0.481 e. The molecule has 2 rings (SSSR count). The third kappa shape index (κ3) is 2.59. The highest BCUT2D eigenvalue weighted by atomic mass is 16.4. The average Bonchev–Trinajstić information content (AvgIpc) is 2.38. The molecule has 0 amide bonds. The lowest BCUT2D eigenvalue weighted by Crippen LogP contribution is -2.19. The summed E-state index contributed by atoms with van der Waals surface area (Å²) in [6.45, 7) is 0. The van der Waals surface area contributed by atoms with Crippen LogP contribution in [0.25, 0.3) is 21.2 Å². The minimum absolute atomic E-state index is 0.199. The summed E-state index contributed by atoms with van der Waals surface area (Å²) < 4.78 is 0. The van der Waals surface area contributed by atoms with Crippen molar-refractivity contribution in [2.45, 2.75) is 12.5 Å². The van der Waals surface area contributed by atoms with Crippen LogP contribution in [0.3, 0.4) is 0 Å². The van der Waals surface area contributed by atoms with E-state index in [2.05, 4.69) is 10.0 Å². The molecule has 0 saturated carbocycles. The van der Waals surface area contributed by atoms with Gasteiger partial charge in [0.1, 0.15) is 6.04 Å². The maximum atomic E-state index is 10.9. The lowest BCUT2D eigenvalue weighted by Gasteiger charge is -2.07. The lowest BCUT2D eigenvalue weighted by molar-refractivity contribution is -0.138. The minimum atomic E-state index is -1.11. The molecule has 0 bridgehead atoms. The third-order valence-corrected chi connectivity index (χ3v) is 2.72. The van der Waals surface area contributed by atoms with Crippen LogP contribution in [0, 0.1) is 0 Å². The molecule has 1 atom stereocenters. The number of carbonyl (C=O) groups is 1. The van der Waals surface area contributed by atoms with Gasteiger partial charge in [-0.2, -0.15) is 0 Å². The molecule has 5 heteroatoms. The first kappa shape index (κ1) is 12.0. The summed E-state index contributed by atoms with van der Waals surface area (Å²) in [6.07, 6.45) is 0.199. The number of fused-ring (bicyclic) bond motifs is 1. The maximum Gasteiger partial charge on any atom is 0.312 e. The molecule has 0 aliphatic carbocycles. The molecular weight excluding hydrogens is 230 g/mol. The average molecular weight is 241 g/mol. The fourth-order valence-electron chi connectivity index (χ4n) is 1.83. The topological polar surface area (TPSA) is 86.1 Å². The van der Waals surface area contributed by atoms with Crippen LogP contribution >= 0.6 is 0 Å². The summed E-state index contributed by atoms with van der Waals surface area (Å²) in [7, 11) is 0. The Balaban J connectivity index is 2.31. The van der Waals surface area contributed by atoms with Crippen molar-refractivity contribution >= 4 is 16.7 Å². The molecule has 0 aromatic heterocycles. The van der Waals surface area contributed by atoms with Gasteiger partial charge in [0, 0.05) is 4.91 Å². The molecule has 0 radical (unpaired) electrons. The molecule has 2 aromatic carbocycles. The molecule has 1 N–H and O–H groups in total. The Bertz CT molecular complexity index is 631. The number of hydrogen-bond acceptors (Lipinski definition) is 2. The molecule has 5 nitrogen and oxygen atoms in total. The van der Waals surface area contributed by atoms with Gasteiger partial charge in [0.25, 0.3) is 0 Å². The summed E-state index contributed by atoms with van der Waals surface area (Å²) in [4.78, 5) is 13.5. The molecule has 0 aliphatic heterocycles. The van der Waals surface area contributed by atoms with Crippen molar-refractivity contribution in [3.8, 4) is 0 Å². The summed E-state index contributed by atoms with van der Waals surface area (Å²) in [5.74, 6) is -1.11. The fraction of sp³-hybridized carbons (Fsp3) is 0.154. The maximum absolute atomic E-state index is 10.9. The molecule has 18 heavy (non-hydrogen) atoms. The monoisotopic (exact) mass is 241 g/mol. The second-order valence-corrected chi connectivity index (χ2v) is 3.94. The number of rotatable bonds is 4. The summed E-state index contributed by atoms with van der Waals surface area (Å²) in [6, 6.07) is 12.5. The van der Waals surface area contributed by atoms with Crippen molar-refractivity contribution in [1.29, 1.82) is 0 Å². The molecule has 0 spiro atoms. The van der Waals surface area contributed by atoms with Crippen molar-refractivity contribution in [3.05, 3.63) is 58.5 Å². The quantitative estimate of drug-likeness (QED) is 0.506. The number of carboxylic acids is 1. The molecule has 0 unspecified atom stereocenters. The Labute approximate surface area is 103 Å².